The van der Waals surface area contributed by atoms with Crippen molar-refractivity contribution in [3.05, 3.63) is 29.8 Å². The minimum Gasteiger partial charge on any atom is -0.490 e. The minimum atomic E-state index is -0.243. The van der Waals surface area contributed by atoms with Crippen LogP contribution in [0.5, 0.6) is 5.75 Å². The highest BCUT2D eigenvalue weighted by Crippen LogP contribution is 2.22. The molecule has 2 amide bonds. The van der Waals surface area contributed by atoms with Crippen molar-refractivity contribution in [2.45, 2.75) is 38.7 Å². The molecule has 2 aliphatic heterocycles. The maximum Gasteiger partial charge on any atom is 0.236 e. The first kappa shape index (κ1) is 18.7. The van der Waals surface area contributed by atoms with E-state index in [4.69, 9.17) is 10.5 Å². The number of piperidine rings is 2. The van der Waals surface area contributed by atoms with E-state index >= 15 is 0 Å². The molecule has 26 heavy (non-hydrogen) atoms. The SMILES string of the molecule is Cc1ccccc1OC1CCN(CC(=O)N2CCC(C(N)=O)CC2)CC1. The number of benzene rings is 1. The van der Waals surface area contributed by atoms with Crippen LogP contribution in [0, 0.1) is 12.8 Å². The third-order valence-electron chi connectivity index (χ3n) is 5.53. The van der Waals surface area contributed by atoms with Gasteiger partial charge in [-0.2, -0.15) is 0 Å². The number of nitrogens with two attached hydrogens (primary N) is 1. The van der Waals surface area contributed by atoms with Crippen LogP contribution in [0.1, 0.15) is 31.2 Å². The summed E-state index contributed by atoms with van der Waals surface area (Å²) in [7, 11) is 0. The summed E-state index contributed by atoms with van der Waals surface area (Å²) in [5.74, 6) is 0.798. The van der Waals surface area contributed by atoms with E-state index in [9.17, 15) is 9.59 Å². The quantitative estimate of drug-likeness (QED) is 0.866. The molecular formula is C20H29N3O3. The molecule has 0 bridgehead atoms. The number of ether oxygens (including phenoxy) is 1. The van der Waals surface area contributed by atoms with Crippen molar-refractivity contribution >= 4 is 11.8 Å². The van der Waals surface area contributed by atoms with Crippen LogP contribution in [0.2, 0.25) is 0 Å². The lowest BCUT2D eigenvalue weighted by Crippen LogP contribution is -2.48. The van der Waals surface area contributed by atoms with Crippen LogP contribution in [-0.4, -0.2) is 60.4 Å². The molecule has 142 valence electrons. The van der Waals surface area contributed by atoms with Gasteiger partial charge in [-0.3, -0.25) is 14.5 Å². The standard InChI is InChI=1S/C20H29N3O3/c1-15-4-2-3-5-18(15)26-17-8-10-22(11-9-17)14-19(24)23-12-6-16(7-13-23)20(21)25/h2-5,16-17H,6-14H2,1H3,(H2,21,25). The third-order valence-corrected chi connectivity index (χ3v) is 5.53. The number of likely N-dealkylation sites (tertiary alicyclic amines) is 2. The Labute approximate surface area is 155 Å². The number of rotatable bonds is 5. The molecule has 3 rings (SSSR count). The van der Waals surface area contributed by atoms with Gasteiger partial charge in [0.15, 0.2) is 0 Å². The Kier molecular flexibility index (Phi) is 6.14. The predicted octanol–water partition coefficient (Wildman–Crippen LogP) is 1.56. The molecule has 6 nitrogen and oxygen atoms in total. The highest BCUT2D eigenvalue weighted by Gasteiger charge is 2.28. The Bertz CT molecular complexity index is 633. The van der Waals surface area contributed by atoms with Gasteiger partial charge in [-0.1, -0.05) is 18.2 Å². The van der Waals surface area contributed by atoms with Gasteiger partial charge in [0, 0.05) is 32.1 Å². The van der Waals surface area contributed by atoms with Crippen LogP contribution in [0.4, 0.5) is 0 Å². The van der Waals surface area contributed by atoms with Crippen LogP contribution in [0.25, 0.3) is 0 Å². The molecule has 2 fully saturated rings. The second-order valence-electron chi connectivity index (χ2n) is 7.42. The molecule has 0 unspecified atom stereocenters. The van der Waals surface area contributed by atoms with Crippen molar-refractivity contribution in [1.29, 1.82) is 0 Å². The van der Waals surface area contributed by atoms with Crippen LogP contribution in [-0.2, 0) is 9.59 Å². The van der Waals surface area contributed by atoms with Gasteiger partial charge in [-0.15, -0.1) is 0 Å². The second kappa shape index (κ2) is 8.54. The number of nitrogens with zero attached hydrogens (tertiary/aromatic N) is 2. The number of aryl methyl sites for hydroxylation is 1. The molecular weight excluding hydrogens is 330 g/mol. The monoisotopic (exact) mass is 359 g/mol. The predicted molar refractivity (Wildman–Crippen MR) is 99.8 cm³/mol. The van der Waals surface area contributed by atoms with Crippen molar-refractivity contribution in [3.63, 3.8) is 0 Å². The van der Waals surface area contributed by atoms with E-state index in [1.165, 1.54) is 0 Å². The van der Waals surface area contributed by atoms with E-state index in [0.717, 1.165) is 37.2 Å². The lowest BCUT2D eigenvalue weighted by molar-refractivity contribution is -0.136. The molecule has 0 spiro atoms. The van der Waals surface area contributed by atoms with Crippen LogP contribution in [0.3, 0.4) is 0 Å². The zero-order chi connectivity index (χ0) is 18.5. The van der Waals surface area contributed by atoms with Crippen molar-refractivity contribution in [2.75, 3.05) is 32.7 Å². The molecule has 6 heteroatoms. The van der Waals surface area contributed by atoms with Gasteiger partial charge in [-0.25, -0.2) is 0 Å². The van der Waals surface area contributed by atoms with Crippen molar-refractivity contribution in [2.24, 2.45) is 11.7 Å². The van der Waals surface area contributed by atoms with E-state index in [1.54, 1.807) is 0 Å². The summed E-state index contributed by atoms with van der Waals surface area (Å²) in [6, 6.07) is 8.09. The van der Waals surface area contributed by atoms with E-state index in [1.807, 2.05) is 23.1 Å². The van der Waals surface area contributed by atoms with Gasteiger partial charge in [0.1, 0.15) is 11.9 Å². The first-order valence-electron chi connectivity index (χ1n) is 9.54. The van der Waals surface area contributed by atoms with E-state index in [2.05, 4.69) is 17.9 Å². The average Bonchev–Trinajstić information content (AvgIpc) is 2.65. The van der Waals surface area contributed by atoms with Gasteiger partial charge in [-0.05, 0) is 44.2 Å². The number of amides is 2. The average molecular weight is 359 g/mol. The lowest BCUT2D eigenvalue weighted by Gasteiger charge is -2.35. The number of carbonyl (C=O) groups is 2. The molecule has 2 aliphatic rings. The van der Waals surface area contributed by atoms with E-state index in [-0.39, 0.29) is 23.8 Å². The molecule has 0 aliphatic carbocycles. The van der Waals surface area contributed by atoms with Crippen molar-refractivity contribution in [3.8, 4) is 5.75 Å². The number of carbonyl (C=O) groups excluding carboxylic acids is 2. The van der Waals surface area contributed by atoms with Gasteiger partial charge in [0.05, 0.1) is 6.54 Å². The molecule has 2 heterocycles. The van der Waals surface area contributed by atoms with Gasteiger partial charge in [0.25, 0.3) is 0 Å². The molecule has 0 saturated carbocycles. The molecule has 1 aromatic rings. The maximum atomic E-state index is 12.5. The smallest absolute Gasteiger partial charge is 0.236 e. The second-order valence-corrected chi connectivity index (χ2v) is 7.42. The van der Waals surface area contributed by atoms with Crippen LogP contribution < -0.4 is 10.5 Å². The fourth-order valence-corrected chi connectivity index (χ4v) is 3.76. The summed E-state index contributed by atoms with van der Waals surface area (Å²) in [6.07, 6.45) is 3.46. The fraction of sp³-hybridized carbons (Fsp3) is 0.600. The number of hydrogen-bond acceptors (Lipinski definition) is 4. The Balaban J connectivity index is 1.41. The third kappa shape index (κ3) is 4.75. The van der Waals surface area contributed by atoms with E-state index < -0.39 is 0 Å². The van der Waals surface area contributed by atoms with Gasteiger partial charge < -0.3 is 15.4 Å². The Morgan fingerprint density at radius 2 is 1.73 bits per heavy atom. The van der Waals surface area contributed by atoms with Crippen molar-refractivity contribution < 1.29 is 14.3 Å². The summed E-state index contributed by atoms with van der Waals surface area (Å²) < 4.78 is 6.12. The first-order chi connectivity index (χ1) is 12.5. The summed E-state index contributed by atoms with van der Waals surface area (Å²) in [5, 5.41) is 0. The highest BCUT2D eigenvalue weighted by atomic mass is 16.5. The first-order valence-corrected chi connectivity index (χ1v) is 9.54. The summed E-state index contributed by atoms with van der Waals surface area (Å²) in [6.45, 7) is 5.54. The maximum absolute atomic E-state index is 12.5. The molecule has 0 atom stereocenters. The summed E-state index contributed by atoms with van der Waals surface area (Å²) >= 11 is 0. The highest BCUT2D eigenvalue weighted by molar-refractivity contribution is 5.80. The lowest BCUT2D eigenvalue weighted by atomic mass is 9.96. The van der Waals surface area contributed by atoms with Crippen LogP contribution >= 0.6 is 0 Å². The molecule has 0 radical (unpaired) electrons. The zero-order valence-electron chi connectivity index (χ0n) is 15.5. The van der Waals surface area contributed by atoms with Crippen molar-refractivity contribution in [1.82, 2.24) is 9.80 Å². The zero-order valence-corrected chi connectivity index (χ0v) is 15.5. The number of primary amides is 1. The Morgan fingerprint density at radius 1 is 1.08 bits per heavy atom. The summed E-state index contributed by atoms with van der Waals surface area (Å²) in [4.78, 5) is 27.8. The largest absolute Gasteiger partial charge is 0.490 e. The molecule has 0 aromatic heterocycles. The molecule has 2 saturated heterocycles. The number of para-hydroxylation sites is 1. The normalized spacial score (nSPS) is 20.1. The molecule has 2 N–H and O–H groups in total. The summed E-state index contributed by atoms with van der Waals surface area (Å²) in [5.41, 5.74) is 6.51. The minimum absolute atomic E-state index is 0.0756. The number of hydrogen-bond donors (Lipinski definition) is 1. The van der Waals surface area contributed by atoms with Gasteiger partial charge in [0.2, 0.25) is 11.8 Å². The van der Waals surface area contributed by atoms with E-state index in [0.29, 0.717) is 32.5 Å². The Morgan fingerprint density at radius 3 is 2.35 bits per heavy atom. The fourth-order valence-electron chi connectivity index (χ4n) is 3.76. The Hall–Kier alpha value is -2.08. The van der Waals surface area contributed by atoms with Gasteiger partial charge >= 0.3 is 0 Å². The van der Waals surface area contributed by atoms with Crippen LogP contribution in [0.15, 0.2) is 24.3 Å². The topological polar surface area (TPSA) is 75.9 Å². The molecule has 1 aromatic carbocycles.